The highest BCUT2D eigenvalue weighted by Crippen LogP contribution is 2.29. The van der Waals surface area contributed by atoms with E-state index < -0.39 is 17.0 Å². The normalized spacial score (nSPS) is 14.1. The Morgan fingerprint density at radius 3 is 2.56 bits per heavy atom. The number of aryl methyl sites for hydroxylation is 1. The van der Waals surface area contributed by atoms with Crippen LogP contribution in [0.25, 0.3) is 0 Å². The molecule has 0 saturated carbocycles. The number of carboxylic acid groups (broad SMARTS) is 1. The summed E-state index contributed by atoms with van der Waals surface area (Å²) < 4.78 is 15.5. The van der Waals surface area contributed by atoms with Gasteiger partial charge in [0.2, 0.25) is 0 Å². The maximum atomic E-state index is 12.6. The number of anilines is 1. The summed E-state index contributed by atoms with van der Waals surface area (Å²) in [5, 5.41) is 9.25. The van der Waals surface area contributed by atoms with Crippen LogP contribution < -0.4 is 4.72 Å². The molecule has 3 rings (SSSR count). The molecule has 1 aliphatic heterocycles. The predicted octanol–water partition coefficient (Wildman–Crippen LogP) is 7.72. The Bertz CT molecular complexity index is 1160. The van der Waals surface area contributed by atoms with Crippen LogP contribution in [0.4, 0.5) is 5.69 Å². The van der Waals surface area contributed by atoms with Gasteiger partial charge >= 0.3 is 5.97 Å². The molecule has 1 heterocycles. The van der Waals surface area contributed by atoms with Gasteiger partial charge in [0, 0.05) is 39.1 Å². The Morgan fingerprint density at radius 1 is 1.25 bits per heavy atom. The lowest BCUT2D eigenvalue weighted by Gasteiger charge is -2.11. The zero-order valence-electron chi connectivity index (χ0n) is 20.6. The Hall–Kier alpha value is -2.26. The molecule has 0 radical (unpaired) electrons. The van der Waals surface area contributed by atoms with E-state index in [-0.39, 0.29) is 5.56 Å². The van der Waals surface area contributed by atoms with Gasteiger partial charge in [-0.25, -0.2) is 9.00 Å². The zero-order chi connectivity index (χ0) is 26.3. The van der Waals surface area contributed by atoms with E-state index in [1.807, 2.05) is 61.3 Å². The number of halogens is 1. The molecule has 192 valence electrons. The number of benzene rings is 2. The maximum Gasteiger partial charge on any atom is 0.335 e. The summed E-state index contributed by atoms with van der Waals surface area (Å²) in [6.07, 6.45) is 11.0. The van der Waals surface area contributed by atoms with Gasteiger partial charge in [0.25, 0.3) is 0 Å². The molecular weight excluding hydrogens is 532 g/mol. The van der Waals surface area contributed by atoms with E-state index in [2.05, 4.69) is 28.8 Å². The number of allylic oxidation sites excluding steroid dienone is 4. The largest absolute Gasteiger partial charge is 0.478 e. The third-order valence-electron chi connectivity index (χ3n) is 4.75. The fourth-order valence-corrected chi connectivity index (χ4v) is 5.71. The Labute approximate surface area is 229 Å². The number of carboxylic acids is 1. The second-order valence-corrected chi connectivity index (χ2v) is 11.2. The summed E-state index contributed by atoms with van der Waals surface area (Å²) in [5.74, 6) is 1.37. The summed E-state index contributed by atoms with van der Waals surface area (Å²) in [6, 6.07) is 12.5. The maximum absolute atomic E-state index is 12.6. The van der Waals surface area contributed by atoms with E-state index in [4.69, 9.17) is 11.6 Å². The monoisotopic (exact) mass is 562 g/mol. The molecule has 2 aromatic rings. The van der Waals surface area contributed by atoms with Gasteiger partial charge in [-0.3, -0.25) is 4.99 Å². The number of nitrogens with zero attached hydrogens (tertiary/aromatic N) is 1. The molecular formula is C27H31ClN2O3S3. The van der Waals surface area contributed by atoms with Crippen molar-refractivity contribution in [3.63, 3.8) is 0 Å². The number of hydrogen-bond acceptors (Lipinski definition) is 5. The highest BCUT2D eigenvalue weighted by Gasteiger charge is 2.12. The van der Waals surface area contributed by atoms with Crippen LogP contribution in [-0.2, 0) is 11.0 Å². The van der Waals surface area contributed by atoms with Gasteiger partial charge in [0.15, 0.2) is 0 Å². The third-order valence-corrected chi connectivity index (χ3v) is 8.34. The molecule has 2 aromatic carbocycles. The SMILES string of the molecule is C/C=C\CCl.CC/C=C/C1=NC=C(CSc2ccc(NS(=O)c3ccc(C)c(C(=O)O)c3)cc2)SC1. The van der Waals surface area contributed by atoms with Crippen molar-refractivity contribution in [2.45, 2.75) is 37.0 Å². The topological polar surface area (TPSA) is 78.8 Å². The number of thioether (sulfide) groups is 2. The van der Waals surface area contributed by atoms with Crippen LogP contribution >= 0.6 is 35.1 Å². The predicted molar refractivity (Wildman–Crippen MR) is 158 cm³/mol. The van der Waals surface area contributed by atoms with Gasteiger partial charge in [-0.15, -0.1) is 35.1 Å². The summed E-state index contributed by atoms with van der Waals surface area (Å²) in [7, 11) is -1.54. The van der Waals surface area contributed by atoms with Gasteiger partial charge in [-0.05, 0) is 68.3 Å². The molecule has 9 heteroatoms. The van der Waals surface area contributed by atoms with Gasteiger partial charge in [-0.1, -0.05) is 31.2 Å². The van der Waals surface area contributed by atoms with E-state index in [0.29, 0.717) is 22.0 Å². The van der Waals surface area contributed by atoms with Crippen molar-refractivity contribution in [3.8, 4) is 0 Å². The minimum Gasteiger partial charge on any atom is -0.478 e. The smallest absolute Gasteiger partial charge is 0.335 e. The molecule has 0 spiro atoms. The lowest BCUT2D eigenvalue weighted by molar-refractivity contribution is 0.0696. The minimum absolute atomic E-state index is 0.159. The molecule has 1 unspecified atom stereocenters. The van der Waals surface area contributed by atoms with Crippen LogP contribution in [0.5, 0.6) is 0 Å². The second-order valence-electron chi connectivity index (χ2n) is 7.50. The molecule has 1 aliphatic rings. The van der Waals surface area contributed by atoms with Crippen molar-refractivity contribution in [2.24, 2.45) is 4.99 Å². The molecule has 0 saturated heterocycles. The number of aliphatic imine (C=N–C) groups is 1. The number of carbonyl (C=O) groups is 1. The number of hydrogen-bond donors (Lipinski definition) is 2. The molecule has 1 atom stereocenters. The molecule has 0 aliphatic carbocycles. The van der Waals surface area contributed by atoms with Crippen molar-refractivity contribution in [1.82, 2.24) is 0 Å². The first-order chi connectivity index (χ1) is 17.4. The highest BCUT2D eigenvalue weighted by molar-refractivity contribution is 8.06. The zero-order valence-corrected chi connectivity index (χ0v) is 23.8. The lowest BCUT2D eigenvalue weighted by Crippen LogP contribution is -2.07. The summed E-state index contributed by atoms with van der Waals surface area (Å²) in [4.78, 5) is 18.6. The quantitative estimate of drug-likeness (QED) is 0.176. The van der Waals surface area contributed by atoms with Crippen molar-refractivity contribution in [2.75, 3.05) is 22.1 Å². The van der Waals surface area contributed by atoms with Gasteiger partial charge in [0.05, 0.1) is 16.2 Å². The summed E-state index contributed by atoms with van der Waals surface area (Å²) in [5.41, 5.74) is 2.61. The molecule has 0 aromatic heterocycles. The van der Waals surface area contributed by atoms with Crippen LogP contribution in [0.2, 0.25) is 0 Å². The Balaban J connectivity index is 0.000000830. The van der Waals surface area contributed by atoms with E-state index in [9.17, 15) is 14.1 Å². The van der Waals surface area contributed by atoms with Crippen molar-refractivity contribution in [1.29, 1.82) is 0 Å². The number of alkyl halides is 1. The highest BCUT2D eigenvalue weighted by atomic mass is 35.5. The first kappa shape index (κ1) is 30.0. The minimum atomic E-state index is -1.54. The van der Waals surface area contributed by atoms with E-state index in [1.165, 1.54) is 11.0 Å². The summed E-state index contributed by atoms with van der Waals surface area (Å²) >= 11 is 8.76. The number of rotatable bonds is 10. The number of aromatic carboxylic acids is 1. The van der Waals surface area contributed by atoms with Crippen molar-refractivity contribution >= 4 is 63.5 Å². The van der Waals surface area contributed by atoms with Crippen LogP contribution in [0.3, 0.4) is 0 Å². The molecule has 2 N–H and O–H groups in total. The lowest BCUT2D eigenvalue weighted by atomic mass is 10.1. The molecule has 5 nitrogen and oxygen atoms in total. The molecule has 0 bridgehead atoms. The Morgan fingerprint density at radius 2 is 2.00 bits per heavy atom. The van der Waals surface area contributed by atoms with Gasteiger partial charge < -0.3 is 9.83 Å². The van der Waals surface area contributed by atoms with Gasteiger partial charge in [0.1, 0.15) is 11.0 Å². The van der Waals surface area contributed by atoms with Crippen LogP contribution in [0.15, 0.2) is 92.7 Å². The van der Waals surface area contributed by atoms with E-state index in [1.54, 1.807) is 30.8 Å². The fraction of sp³-hybridized carbons (Fsp3) is 0.259. The van der Waals surface area contributed by atoms with E-state index in [0.717, 1.165) is 28.5 Å². The molecule has 0 amide bonds. The summed E-state index contributed by atoms with van der Waals surface area (Å²) in [6.45, 7) is 5.78. The van der Waals surface area contributed by atoms with E-state index >= 15 is 0 Å². The first-order valence-electron chi connectivity index (χ1n) is 11.3. The second kappa shape index (κ2) is 16.5. The van der Waals surface area contributed by atoms with Crippen LogP contribution in [0.1, 0.15) is 36.2 Å². The van der Waals surface area contributed by atoms with Crippen LogP contribution in [0, 0.1) is 6.92 Å². The third kappa shape index (κ3) is 10.4. The number of nitrogens with one attached hydrogen (secondary N) is 1. The van der Waals surface area contributed by atoms with Crippen molar-refractivity contribution < 1.29 is 14.1 Å². The van der Waals surface area contributed by atoms with Gasteiger partial charge in [-0.2, -0.15) is 0 Å². The standard InChI is InChI=1S/C23H24N2O3S3.C4H7Cl/c1-3-4-5-18-14-29-20(13-24-18)15-30-19-9-7-17(8-10-19)25-31(28)21-11-6-16(2)22(12-21)23(26)27;1-2-3-4-5/h4-13,25H,3,14-15H2,1-2H3,(H,26,27);2-3H,4H2,1H3/b5-4+;3-2-. The molecule has 0 fully saturated rings. The molecule has 36 heavy (non-hydrogen) atoms. The van der Waals surface area contributed by atoms with Crippen LogP contribution in [-0.4, -0.2) is 38.4 Å². The average Bonchev–Trinajstić information content (AvgIpc) is 2.88. The average molecular weight is 563 g/mol. The fourth-order valence-electron chi connectivity index (χ4n) is 2.80. The Kier molecular flexibility index (Phi) is 13.7. The van der Waals surface area contributed by atoms with Crippen molar-refractivity contribution in [3.05, 3.63) is 89.0 Å². The first-order valence-corrected chi connectivity index (χ1v) is 15.0.